The van der Waals surface area contributed by atoms with E-state index in [1.807, 2.05) is 0 Å². The van der Waals surface area contributed by atoms with Crippen molar-refractivity contribution in [1.29, 1.82) is 0 Å². The Hall–Kier alpha value is -1.75. The van der Waals surface area contributed by atoms with Crippen molar-refractivity contribution < 1.29 is 138 Å². The number of carbonyl (C=O) groups excluding carboxylic acids is 3. The van der Waals surface area contributed by atoms with E-state index in [2.05, 4.69) is 36.7 Å². The van der Waals surface area contributed by atoms with E-state index in [4.69, 9.17) is 30.6 Å². The van der Waals surface area contributed by atoms with E-state index in [1.54, 1.807) is 0 Å². The summed E-state index contributed by atoms with van der Waals surface area (Å²) in [4.78, 5) is 100. The van der Waals surface area contributed by atoms with Crippen LogP contribution in [0.4, 0.5) is 0 Å². The minimum Gasteiger partial charge on any atom is -0.481 e. The number of amides is 3. The maximum Gasteiger partial charge on any atom is 3.00 e. The zero-order valence-corrected chi connectivity index (χ0v) is 65.2. The Labute approximate surface area is 622 Å². The molecule has 0 aromatic carbocycles. The van der Waals surface area contributed by atoms with Crippen molar-refractivity contribution in [2.24, 2.45) is 0 Å². The van der Waals surface area contributed by atoms with Gasteiger partial charge >= 0.3 is 130 Å². The molecule has 19 nitrogen and oxygen atoms in total. The average Bonchev–Trinajstić information content (AvgIpc) is 3.23. The Morgan fingerprint density at radius 1 is 0.239 bits per heavy atom. The number of aliphatic carboxylic acids is 6. The molecule has 0 aromatic rings. The van der Waals surface area contributed by atoms with Crippen LogP contribution in [0.2, 0.25) is 0 Å². The van der Waals surface area contributed by atoms with Crippen LogP contribution in [0, 0.1) is 0 Å². The van der Waals surface area contributed by atoms with E-state index < -0.39 is 53.9 Å². The van der Waals surface area contributed by atoms with Crippen molar-refractivity contribution in [2.75, 3.05) is 0 Å². The fourth-order valence-corrected chi connectivity index (χ4v) is 10.3. The van der Waals surface area contributed by atoms with E-state index >= 15 is 0 Å². The van der Waals surface area contributed by atoms with Crippen LogP contribution in [0.5, 0.6) is 0 Å². The maximum absolute atomic E-state index is 11.8. The van der Waals surface area contributed by atoms with Gasteiger partial charge in [-0.3, -0.25) is 34.2 Å². The van der Waals surface area contributed by atoms with Crippen LogP contribution in [-0.2, 0) is 43.2 Å². The van der Waals surface area contributed by atoms with Gasteiger partial charge in [-0.15, -0.1) is 0 Å². The first-order chi connectivity index (χ1) is 41.9. The molecule has 3 atom stereocenters. The summed E-state index contributed by atoms with van der Waals surface area (Å²) in [6.07, 6.45) is 56.3. The molecule has 23 heteroatoms. The number of carboxylic acids is 6. The summed E-state index contributed by atoms with van der Waals surface area (Å²) in [5.74, 6) is -7.66. The predicted molar refractivity (Wildman–Crippen MR) is 361 cm³/mol. The Bertz CT molecular complexity index is 1540. The van der Waals surface area contributed by atoms with Gasteiger partial charge in [0.05, 0.1) is 0 Å². The van der Waals surface area contributed by atoms with Crippen molar-refractivity contribution in [3.05, 3.63) is 0 Å². The van der Waals surface area contributed by atoms with E-state index in [0.717, 1.165) is 57.8 Å². The topological polar surface area (TPSA) is 341 Å². The standard InChI is InChI=1S/3C23H43NO5.2Al.2Na.HO/c3*1-2-3-4-5-6-7-8-9-10-11-12-13-14-15-16-17-21(25)24-20(23(28)29)18-19-22(26)27;;;;;/h3*20H,2-19H2,1H3,(H,24,25)(H,26,27)(H,28,29);;;;;1H/q;;;2*+3;2*+1;/t3*20-;;;;;/m000...../s1. The summed E-state index contributed by atoms with van der Waals surface area (Å²) in [6.45, 7) is 6.75. The number of nitrogens with one attached hydrogen (secondary N) is 3. The number of hydrogen-bond acceptors (Lipinski definition) is 9. The summed E-state index contributed by atoms with van der Waals surface area (Å²) in [5.41, 5.74) is 0. The molecule has 0 unspecified atom stereocenters. The van der Waals surface area contributed by atoms with Gasteiger partial charge < -0.3 is 46.6 Å². The van der Waals surface area contributed by atoms with Crippen molar-refractivity contribution >= 4 is 88.3 Å². The molecule has 10 N–H and O–H groups in total. The third-order valence-electron chi connectivity index (χ3n) is 15.9. The van der Waals surface area contributed by atoms with Crippen molar-refractivity contribution in [3.63, 3.8) is 0 Å². The predicted octanol–water partition coefficient (Wildman–Crippen LogP) is 10.1. The minimum absolute atomic E-state index is 0. The first-order valence-corrected chi connectivity index (χ1v) is 35.1. The Morgan fingerprint density at radius 2 is 0.370 bits per heavy atom. The quantitative estimate of drug-likeness (QED) is 0.0200. The van der Waals surface area contributed by atoms with Crippen LogP contribution in [0.3, 0.4) is 0 Å². The molecule has 0 aliphatic carbocycles. The zero-order chi connectivity index (χ0) is 65.2. The molecule has 0 rings (SSSR count). The third-order valence-corrected chi connectivity index (χ3v) is 15.9. The molecule has 0 spiro atoms. The molecule has 0 aromatic heterocycles. The second-order valence-electron chi connectivity index (χ2n) is 24.3. The SMILES string of the molecule is CCCCCCCCCCCCCCCCCC(=O)N[C@@H](CCC(=O)O)C(=O)O.CCCCCCCCCCCCCCCCCC(=O)N[C@@H](CCC(=O)O)C(=O)O.CCCCCCCCCCCCCCCCCC(=O)N[C@@H](CCC(=O)O)C(=O)O.[Al+3].[Al+3].[Na+].[Na+].[OH]. The molecule has 0 saturated carbocycles. The minimum atomic E-state index is -1.18. The second-order valence-corrected chi connectivity index (χ2v) is 24.3. The van der Waals surface area contributed by atoms with Gasteiger partial charge in [0.2, 0.25) is 17.7 Å². The van der Waals surface area contributed by atoms with E-state index in [9.17, 15) is 43.2 Å². The van der Waals surface area contributed by atoms with Gasteiger partial charge in [-0.1, -0.05) is 290 Å². The largest absolute Gasteiger partial charge is 3.00 e. The Morgan fingerprint density at radius 3 is 0.489 bits per heavy atom. The summed E-state index contributed by atoms with van der Waals surface area (Å²) in [5, 5.41) is 60.2. The molecule has 517 valence electrons. The molecule has 1 radical (unpaired) electrons. The molecular formula is C69H130Al2N3Na2O16+8. The molecule has 0 aliphatic rings. The second kappa shape index (κ2) is 83.5. The fourth-order valence-electron chi connectivity index (χ4n) is 10.3. The number of unbranched alkanes of at least 4 members (excludes halogenated alkanes) is 42. The fraction of sp³-hybridized carbons (Fsp3) is 0.870. The third kappa shape index (κ3) is 86.3. The Kier molecular flexibility index (Phi) is 96.4. The van der Waals surface area contributed by atoms with Crippen molar-refractivity contribution in [3.8, 4) is 0 Å². The summed E-state index contributed by atoms with van der Waals surface area (Å²) in [7, 11) is 0. The van der Waals surface area contributed by atoms with Gasteiger partial charge in [-0.2, -0.15) is 0 Å². The van der Waals surface area contributed by atoms with Crippen LogP contribution in [-0.4, -0.2) is 143 Å². The van der Waals surface area contributed by atoms with Gasteiger partial charge in [0.15, 0.2) is 0 Å². The van der Waals surface area contributed by atoms with Crippen LogP contribution in [0.1, 0.15) is 367 Å². The van der Waals surface area contributed by atoms with Gasteiger partial charge in [0.25, 0.3) is 0 Å². The maximum atomic E-state index is 11.8. The molecule has 3 amide bonds. The molecular weight excluding hydrogens is 1230 g/mol. The summed E-state index contributed by atoms with van der Waals surface area (Å²) < 4.78 is 0. The molecule has 0 saturated heterocycles. The monoisotopic (exact) mass is 1360 g/mol. The van der Waals surface area contributed by atoms with Crippen molar-refractivity contribution in [1.82, 2.24) is 16.0 Å². The zero-order valence-electron chi connectivity index (χ0n) is 58.9. The van der Waals surface area contributed by atoms with Crippen LogP contribution in [0.25, 0.3) is 0 Å². The molecule has 92 heavy (non-hydrogen) atoms. The number of carboxylic acid groups (broad SMARTS) is 6. The smallest absolute Gasteiger partial charge is 0.481 e. The Balaban J connectivity index is -0.000000187. The van der Waals surface area contributed by atoms with E-state index in [-0.39, 0.29) is 156 Å². The first kappa shape index (κ1) is 106. The normalized spacial score (nSPS) is 11.2. The van der Waals surface area contributed by atoms with Crippen LogP contribution >= 0.6 is 0 Å². The number of hydrogen-bond donors (Lipinski definition) is 10. The van der Waals surface area contributed by atoms with E-state index in [0.29, 0.717) is 19.3 Å². The number of rotatable bonds is 63. The number of carbonyl (C=O) groups is 9. The van der Waals surface area contributed by atoms with Gasteiger partial charge in [-0.25, -0.2) is 14.4 Å². The van der Waals surface area contributed by atoms with Crippen LogP contribution in [0.15, 0.2) is 0 Å². The molecule has 0 bridgehead atoms. The summed E-state index contributed by atoms with van der Waals surface area (Å²) in [6, 6.07) is -3.35. The van der Waals surface area contributed by atoms with E-state index in [1.165, 1.54) is 231 Å². The van der Waals surface area contributed by atoms with Gasteiger partial charge in [-0.05, 0) is 38.5 Å². The average molecular weight is 1360 g/mol. The molecule has 0 aliphatic heterocycles. The van der Waals surface area contributed by atoms with Gasteiger partial charge in [0, 0.05) is 38.5 Å². The molecule has 0 fully saturated rings. The molecule has 0 heterocycles. The van der Waals surface area contributed by atoms with Crippen LogP contribution < -0.4 is 75.1 Å². The van der Waals surface area contributed by atoms with Gasteiger partial charge in [0.1, 0.15) is 18.1 Å². The van der Waals surface area contributed by atoms with Crippen molar-refractivity contribution in [2.45, 2.75) is 386 Å². The summed E-state index contributed by atoms with van der Waals surface area (Å²) >= 11 is 0. The first-order valence-electron chi connectivity index (χ1n) is 35.1.